The van der Waals surface area contributed by atoms with E-state index in [0.29, 0.717) is 6.32 Å². The molecular formula is C5H7BN2. The summed E-state index contributed by atoms with van der Waals surface area (Å²) in [4.78, 5) is 0. The topological polar surface area (TPSA) is 17.8 Å². The van der Waals surface area contributed by atoms with Crippen LogP contribution in [0, 0.1) is 0 Å². The van der Waals surface area contributed by atoms with E-state index in [-0.39, 0.29) is 0 Å². The second-order valence-electron chi connectivity index (χ2n) is 1.65. The van der Waals surface area contributed by atoms with Crippen molar-refractivity contribution < 1.29 is 0 Å². The van der Waals surface area contributed by atoms with Gasteiger partial charge in [0.1, 0.15) is 0 Å². The predicted octanol–water partition coefficient (Wildman–Crippen LogP) is 0.0886. The van der Waals surface area contributed by atoms with E-state index in [9.17, 15) is 0 Å². The SMILES string of the molecule is [B]Cc1ccnn1C. The summed E-state index contributed by atoms with van der Waals surface area (Å²) in [5.74, 6) is 0. The standard InChI is InChI=1S/C5H7BN2/c1-8-5(4-6)2-3-7-8/h2-3H,4H2,1H3. The van der Waals surface area contributed by atoms with Crippen LogP contribution < -0.4 is 0 Å². The summed E-state index contributed by atoms with van der Waals surface area (Å²) in [6.07, 6.45) is 2.30. The van der Waals surface area contributed by atoms with Crippen LogP contribution in [0.5, 0.6) is 0 Å². The zero-order valence-electron chi connectivity index (χ0n) is 4.83. The third-order valence-electron chi connectivity index (χ3n) is 1.13. The molecule has 1 heterocycles. The van der Waals surface area contributed by atoms with E-state index in [1.807, 2.05) is 13.1 Å². The Morgan fingerprint density at radius 3 is 2.88 bits per heavy atom. The zero-order chi connectivity index (χ0) is 5.98. The number of hydrogen-bond donors (Lipinski definition) is 0. The molecule has 8 heavy (non-hydrogen) atoms. The minimum Gasteiger partial charge on any atom is -0.273 e. The molecule has 1 aromatic rings. The number of hydrogen-bond acceptors (Lipinski definition) is 1. The Bertz CT molecular complexity index is 171. The summed E-state index contributed by atoms with van der Waals surface area (Å²) >= 11 is 0. The third kappa shape index (κ3) is 0.758. The summed E-state index contributed by atoms with van der Waals surface area (Å²) in [6, 6.07) is 1.90. The van der Waals surface area contributed by atoms with E-state index >= 15 is 0 Å². The molecule has 1 rings (SSSR count). The molecule has 0 amide bonds. The fourth-order valence-electron chi connectivity index (χ4n) is 0.602. The Morgan fingerprint density at radius 2 is 2.62 bits per heavy atom. The maximum atomic E-state index is 5.33. The van der Waals surface area contributed by atoms with Gasteiger partial charge in [0.05, 0.1) is 7.85 Å². The van der Waals surface area contributed by atoms with Crippen LogP contribution in [0.25, 0.3) is 0 Å². The second-order valence-corrected chi connectivity index (χ2v) is 1.65. The van der Waals surface area contributed by atoms with E-state index in [0.717, 1.165) is 5.69 Å². The van der Waals surface area contributed by atoms with E-state index in [1.54, 1.807) is 10.9 Å². The monoisotopic (exact) mass is 106 g/mol. The van der Waals surface area contributed by atoms with Crippen LogP contribution >= 0.6 is 0 Å². The Labute approximate surface area is 49.9 Å². The van der Waals surface area contributed by atoms with E-state index < -0.39 is 0 Å². The minimum atomic E-state index is 0.566. The maximum absolute atomic E-state index is 5.33. The van der Waals surface area contributed by atoms with Gasteiger partial charge in [-0.15, -0.1) is 0 Å². The highest BCUT2D eigenvalue weighted by atomic mass is 15.2. The Balaban J connectivity index is 2.92. The van der Waals surface area contributed by atoms with Crippen molar-refractivity contribution >= 4 is 7.85 Å². The van der Waals surface area contributed by atoms with Crippen molar-refractivity contribution in [3.63, 3.8) is 0 Å². The fourth-order valence-corrected chi connectivity index (χ4v) is 0.602. The quantitative estimate of drug-likeness (QED) is 0.464. The van der Waals surface area contributed by atoms with E-state index in [2.05, 4.69) is 5.10 Å². The smallest absolute Gasteiger partial charge is 0.0737 e. The van der Waals surface area contributed by atoms with Crippen LogP contribution in [0.3, 0.4) is 0 Å². The third-order valence-corrected chi connectivity index (χ3v) is 1.13. The molecule has 0 aliphatic rings. The van der Waals surface area contributed by atoms with Crippen molar-refractivity contribution in [1.29, 1.82) is 0 Å². The number of aromatic nitrogens is 2. The molecule has 40 valence electrons. The van der Waals surface area contributed by atoms with Crippen molar-refractivity contribution in [2.24, 2.45) is 7.05 Å². The molecule has 0 aromatic carbocycles. The van der Waals surface area contributed by atoms with Gasteiger partial charge in [-0.2, -0.15) is 5.10 Å². The van der Waals surface area contributed by atoms with Gasteiger partial charge in [0.15, 0.2) is 0 Å². The van der Waals surface area contributed by atoms with Crippen molar-refractivity contribution in [3.05, 3.63) is 18.0 Å². The van der Waals surface area contributed by atoms with Crippen molar-refractivity contribution in [2.45, 2.75) is 6.32 Å². The van der Waals surface area contributed by atoms with Gasteiger partial charge in [0, 0.05) is 18.9 Å². The number of rotatable bonds is 1. The van der Waals surface area contributed by atoms with Crippen LogP contribution in [-0.4, -0.2) is 17.6 Å². The molecule has 0 N–H and O–H groups in total. The van der Waals surface area contributed by atoms with Gasteiger partial charge >= 0.3 is 0 Å². The average Bonchev–Trinajstić information content (AvgIpc) is 2.14. The normalized spacial score (nSPS) is 9.62. The largest absolute Gasteiger partial charge is 0.273 e. The second kappa shape index (κ2) is 2.03. The minimum absolute atomic E-state index is 0.566. The van der Waals surface area contributed by atoms with Crippen LogP contribution in [-0.2, 0) is 13.4 Å². The van der Waals surface area contributed by atoms with Gasteiger partial charge in [-0.25, -0.2) is 0 Å². The highest BCUT2D eigenvalue weighted by Crippen LogP contribution is 1.92. The van der Waals surface area contributed by atoms with Gasteiger partial charge in [0.25, 0.3) is 0 Å². The molecule has 0 aliphatic heterocycles. The number of nitrogens with zero attached hydrogens (tertiary/aromatic N) is 2. The Morgan fingerprint density at radius 1 is 1.88 bits per heavy atom. The molecule has 0 saturated heterocycles. The van der Waals surface area contributed by atoms with Crippen molar-refractivity contribution in [1.82, 2.24) is 9.78 Å². The number of aryl methyl sites for hydroxylation is 1. The van der Waals surface area contributed by atoms with Gasteiger partial charge in [-0.1, -0.05) is 0 Å². The first-order valence-electron chi connectivity index (χ1n) is 2.51. The van der Waals surface area contributed by atoms with Crippen LogP contribution in [0.1, 0.15) is 5.69 Å². The summed E-state index contributed by atoms with van der Waals surface area (Å²) in [6.45, 7) is 0. The molecular weight excluding hydrogens is 98.9 g/mol. The lowest BCUT2D eigenvalue weighted by molar-refractivity contribution is 0.735. The molecule has 0 saturated carbocycles. The summed E-state index contributed by atoms with van der Waals surface area (Å²) in [7, 11) is 7.21. The molecule has 1 aromatic heterocycles. The fraction of sp³-hybridized carbons (Fsp3) is 0.400. The molecule has 0 bridgehead atoms. The summed E-state index contributed by atoms with van der Waals surface area (Å²) in [5.41, 5.74) is 1.06. The first-order chi connectivity index (χ1) is 3.84. The van der Waals surface area contributed by atoms with Crippen LogP contribution in [0.4, 0.5) is 0 Å². The zero-order valence-corrected chi connectivity index (χ0v) is 4.83. The molecule has 3 heteroatoms. The van der Waals surface area contributed by atoms with Gasteiger partial charge in [-0.3, -0.25) is 4.68 Å². The highest BCUT2D eigenvalue weighted by Gasteiger charge is 1.89. The molecule has 0 aliphatic carbocycles. The highest BCUT2D eigenvalue weighted by molar-refractivity contribution is 6.08. The molecule has 0 spiro atoms. The molecule has 0 atom stereocenters. The van der Waals surface area contributed by atoms with Crippen molar-refractivity contribution in [3.8, 4) is 0 Å². The lowest BCUT2D eigenvalue weighted by atomic mass is 10.0. The molecule has 0 fully saturated rings. The van der Waals surface area contributed by atoms with Gasteiger partial charge in [-0.05, 0) is 12.4 Å². The summed E-state index contributed by atoms with van der Waals surface area (Å²) in [5, 5.41) is 3.92. The van der Waals surface area contributed by atoms with Gasteiger partial charge < -0.3 is 0 Å². The van der Waals surface area contributed by atoms with Crippen LogP contribution in [0.2, 0.25) is 0 Å². The lowest BCUT2D eigenvalue weighted by Gasteiger charge is -1.93. The first kappa shape index (κ1) is 5.41. The molecule has 0 unspecified atom stereocenters. The average molecular weight is 106 g/mol. The van der Waals surface area contributed by atoms with Crippen molar-refractivity contribution in [2.75, 3.05) is 0 Å². The first-order valence-corrected chi connectivity index (χ1v) is 2.51. The van der Waals surface area contributed by atoms with Crippen LogP contribution in [0.15, 0.2) is 12.3 Å². The predicted molar refractivity (Wildman–Crippen MR) is 32.7 cm³/mol. The van der Waals surface area contributed by atoms with E-state index in [4.69, 9.17) is 7.85 Å². The molecule has 2 nitrogen and oxygen atoms in total. The summed E-state index contributed by atoms with van der Waals surface area (Å²) < 4.78 is 1.76. The molecule has 2 radical (unpaired) electrons. The maximum Gasteiger partial charge on any atom is 0.0737 e. The van der Waals surface area contributed by atoms with Gasteiger partial charge in [0.2, 0.25) is 0 Å². The lowest BCUT2D eigenvalue weighted by Crippen LogP contribution is -1.96. The Kier molecular flexibility index (Phi) is 1.37. The Hall–Kier alpha value is -0.725. The van der Waals surface area contributed by atoms with E-state index in [1.165, 1.54) is 0 Å².